The van der Waals surface area contributed by atoms with Gasteiger partial charge in [-0.1, -0.05) is 41.6 Å². The normalized spacial score (nSPS) is 15.3. The molecule has 1 aliphatic heterocycles. The number of nitrogens with one attached hydrogen (secondary N) is 1. The molecule has 2 aromatic heterocycles. The molecule has 164 valence electrons. The van der Waals surface area contributed by atoms with Crippen LogP contribution in [0.25, 0.3) is 10.7 Å². The Morgan fingerprint density at radius 1 is 1.23 bits per heavy atom. The Morgan fingerprint density at radius 3 is 2.68 bits per heavy atom. The number of hydrogen-bond donors (Lipinski definition) is 1. The summed E-state index contributed by atoms with van der Waals surface area (Å²) in [6.07, 6.45) is 1.94. The standard InChI is InChI=1S/C22H26ClN5OS2/c1-2-28-21(19-4-3-13-30-19)25-26-22(28)31-15-20(29)24-18-9-11-27(12-10-18)14-16-5-7-17(23)8-6-16/h3-8,13,18H,2,9-12,14-15H2,1H3,(H,24,29). The highest BCUT2D eigenvalue weighted by atomic mass is 35.5. The third kappa shape index (κ3) is 5.88. The third-order valence-electron chi connectivity index (χ3n) is 5.38. The Labute approximate surface area is 196 Å². The number of thioether (sulfide) groups is 1. The van der Waals surface area contributed by atoms with Crippen LogP contribution in [0.15, 0.2) is 46.9 Å². The molecular formula is C22H26ClN5OS2. The second kappa shape index (κ2) is 10.6. The van der Waals surface area contributed by atoms with Crippen molar-refractivity contribution in [1.29, 1.82) is 0 Å². The molecular weight excluding hydrogens is 450 g/mol. The third-order valence-corrected chi connectivity index (χ3v) is 7.46. The predicted molar refractivity (Wildman–Crippen MR) is 128 cm³/mol. The summed E-state index contributed by atoms with van der Waals surface area (Å²) in [6, 6.07) is 12.3. The molecule has 3 heterocycles. The molecule has 0 unspecified atom stereocenters. The molecule has 0 aliphatic carbocycles. The Hall–Kier alpha value is -1.87. The van der Waals surface area contributed by atoms with Crippen molar-refractivity contribution < 1.29 is 4.79 Å². The van der Waals surface area contributed by atoms with Gasteiger partial charge in [0, 0.05) is 37.2 Å². The SMILES string of the molecule is CCn1c(SCC(=O)NC2CCN(Cc3ccc(Cl)cc3)CC2)nnc1-c1cccs1. The fourth-order valence-electron chi connectivity index (χ4n) is 3.75. The quantitative estimate of drug-likeness (QED) is 0.484. The Bertz CT molecular complexity index is 982. The van der Waals surface area contributed by atoms with Crippen molar-refractivity contribution in [3.05, 3.63) is 52.4 Å². The van der Waals surface area contributed by atoms with Gasteiger partial charge in [0.05, 0.1) is 10.6 Å². The van der Waals surface area contributed by atoms with E-state index in [0.29, 0.717) is 5.75 Å². The lowest BCUT2D eigenvalue weighted by Gasteiger charge is -2.32. The number of hydrogen-bond acceptors (Lipinski definition) is 6. The maximum atomic E-state index is 12.5. The van der Waals surface area contributed by atoms with Crippen LogP contribution in [0.2, 0.25) is 5.02 Å². The van der Waals surface area contributed by atoms with Crippen LogP contribution in [-0.2, 0) is 17.9 Å². The average Bonchev–Trinajstić information content (AvgIpc) is 3.44. The van der Waals surface area contributed by atoms with Gasteiger partial charge in [0.15, 0.2) is 11.0 Å². The maximum absolute atomic E-state index is 12.5. The second-order valence-electron chi connectivity index (χ2n) is 7.56. The number of carbonyl (C=O) groups is 1. The van der Waals surface area contributed by atoms with Crippen LogP contribution < -0.4 is 5.32 Å². The van der Waals surface area contributed by atoms with Gasteiger partial charge in [-0.15, -0.1) is 21.5 Å². The molecule has 4 rings (SSSR count). The lowest BCUT2D eigenvalue weighted by atomic mass is 10.0. The van der Waals surface area contributed by atoms with E-state index in [4.69, 9.17) is 11.6 Å². The molecule has 1 amide bonds. The van der Waals surface area contributed by atoms with E-state index in [1.807, 2.05) is 29.6 Å². The molecule has 1 aliphatic rings. The van der Waals surface area contributed by atoms with Crippen molar-refractivity contribution in [2.24, 2.45) is 0 Å². The van der Waals surface area contributed by atoms with Crippen molar-refractivity contribution in [1.82, 2.24) is 25.0 Å². The van der Waals surface area contributed by atoms with Crippen LogP contribution in [-0.4, -0.2) is 50.5 Å². The lowest BCUT2D eigenvalue weighted by Crippen LogP contribution is -2.44. The smallest absolute Gasteiger partial charge is 0.230 e. The van der Waals surface area contributed by atoms with Gasteiger partial charge in [-0.25, -0.2) is 0 Å². The maximum Gasteiger partial charge on any atom is 0.230 e. The van der Waals surface area contributed by atoms with E-state index >= 15 is 0 Å². The molecule has 0 saturated carbocycles. The zero-order valence-corrected chi connectivity index (χ0v) is 19.8. The summed E-state index contributed by atoms with van der Waals surface area (Å²) in [7, 11) is 0. The van der Waals surface area contributed by atoms with Crippen LogP contribution in [0.4, 0.5) is 0 Å². The van der Waals surface area contributed by atoms with Crippen molar-refractivity contribution in [3.8, 4) is 10.7 Å². The van der Waals surface area contributed by atoms with Crippen molar-refractivity contribution in [3.63, 3.8) is 0 Å². The van der Waals surface area contributed by atoms with Gasteiger partial charge < -0.3 is 9.88 Å². The van der Waals surface area contributed by atoms with Gasteiger partial charge >= 0.3 is 0 Å². The Kier molecular flexibility index (Phi) is 7.66. The predicted octanol–water partition coefficient (Wildman–Crippen LogP) is 4.55. The van der Waals surface area contributed by atoms with Gasteiger partial charge in [0.2, 0.25) is 5.91 Å². The topological polar surface area (TPSA) is 63.1 Å². The van der Waals surface area contributed by atoms with Crippen LogP contribution in [0.3, 0.4) is 0 Å². The summed E-state index contributed by atoms with van der Waals surface area (Å²) in [5, 5.41) is 15.4. The first kappa shape index (κ1) is 22.3. The van der Waals surface area contributed by atoms with E-state index < -0.39 is 0 Å². The number of aromatic nitrogens is 3. The molecule has 1 saturated heterocycles. The van der Waals surface area contributed by atoms with E-state index in [9.17, 15) is 4.79 Å². The minimum atomic E-state index is 0.0597. The summed E-state index contributed by atoms with van der Waals surface area (Å²) >= 11 is 9.06. The zero-order chi connectivity index (χ0) is 21.6. The fourth-order valence-corrected chi connectivity index (χ4v) is 5.41. The molecule has 0 radical (unpaired) electrons. The highest BCUT2D eigenvalue weighted by Gasteiger charge is 2.21. The molecule has 9 heteroatoms. The summed E-state index contributed by atoms with van der Waals surface area (Å²) in [4.78, 5) is 16.0. The zero-order valence-electron chi connectivity index (χ0n) is 17.5. The molecule has 0 atom stereocenters. The molecule has 1 N–H and O–H groups in total. The summed E-state index contributed by atoms with van der Waals surface area (Å²) in [5.41, 5.74) is 1.27. The van der Waals surface area contributed by atoms with Crippen molar-refractivity contribution in [2.75, 3.05) is 18.8 Å². The minimum Gasteiger partial charge on any atom is -0.353 e. The highest BCUT2D eigenvalue weighted by molar-refractivity contribution is 7.99. The van der Waals surface area contributed by atoms with Gasteiger partial charge in [-0.2, -0.15) is 0 Å². The number of piperidine rings is 1. The van der Waals surface area contributed by atoms with E-state index in [2.05, 4.69) is 44.0 Å². The number of nitrogens with zero attached hydrogens (tertiary/aromatic N) is 4. The van der Waals surface area contributed by atoms with Crippen molar-refractivity contribution >= 4 is 40.6 Å². The first-order valence-corrected chi connectivity index (χ1v) is 12.7. The Morgan fingerprint density at radius 2 is 2.00 bits per heavy atom. The number of rotatable bonds is 8. The lowest BCUT2D eigenvalue weighted by molar-refractivity contribution is -0.119. The van der Waals surface area contributed by atoms with E-state index in [-0.39, 0.29) is 11.9 Å². The monoisotopic (exact) mass is 475 g/mol. The molecule has 1 aromatic carbocycles. The fraction of sp³-hybridized carbons (Fsp3) is 0.409. The first-order valence-electron chi connectivity index (χ1n) is 10.5. The largest absolute Gasteiger partial charge is 0.353 e. The highest BCUT2D eigenvalue weighted by Crippen LogP contribution is 2.27. The van der Waals surface area contributed by atoms with Crippen LogP contribution in [0.1, 0.15) is 25.3 Å². The first-order chi connectivity index (χ1) is 15.1. The summed E-state index contributed by atoms with van der Waals surface area (Å²) in [5.74, 6) is 1.28. The number of likely N-dealkylation sites (tertiary alicyclic amines) is 1. The number of carbonyl (C=O) groups excluding carboxylic acids is 1. The number of halogens is 1. The molecule has 0 bridgehead atoms. The van der Waals surface area contributed by atoms with Gasteiger partial charge in [-0.05, 0) is 48.9 Å². The van der Waals surface area contributed by atoms with Crippen LogP contribution >= 0.6 is 34.7 Å². The number of amides is 1. The van der Waals surface area contributed by atoms with Gasteiger partial charge in [0.1, 0.15) is 0 Å². The van der Waals surface area contributed by atoms with Gasteiger partial charge in [0.25, 0.3) is 0 Å². The van der Waals surface area contributed by atoms with E-state index in [1.54, 1.807) is 11.3 Å². The average molecular weight is 476 g/mol. The van der Waals surface area contributed by atoms with E-state index in [0.717, 1.165) is 59.9 Å². The molecule has 1 fully saturated rings. The van der Waals surface area contributed by atoms with Crippen LogP contribution in [0.5, 0.6) is 0 Å². The second-order valence-corrected chi connectivity index (χ2v) is 9.89. The molecule has 0 spiro atoms. The molecule has 3 aromatic rings. The van der Waals surface area contributed by atoms with Crippen molar-refractivity contribution in [2.45, 2.75) is 44.1 Å². The summed E-state index contributed by atoms with van der Waals surface area (Å²) in [6.45, 7) is 5.73. The number of thiophene rings is 1. The number of benzene rings is 1. The summed E-state index contributed by atoms with van der Waals surface area (Å²) < 4.78 is 2.07. The van der Waals surface area contributed by atoms with Gasteiger partial charge in [-0.3, -0.25) is 9.69 Å². The van der Waals surface area contributed by atoms with Crippen LogP contribution in [0, 0.1) is 0 Å². The van der Waals surface area contributed by atoms with E-state index in [1.165, 1.54) is 17.3 Å². The molecule has 31 heavy (non-hydrogen) atoms. The Balaban J connectivity index is 1.23. The minimum absolute atomic E-state index is 0.0597. The molecule has 6 nitrogen and oxygen atoms in total.